The Kier molecular flexibility index (Phi) is 5.75. The molecule has 1 aromatic rings. The first-order valence-corrected chi connectivity index (χ1v) is 7.80. The Labute approximate surface area is 125 Å². The van der Waals surface area contributed by atoms with E-state index in [-0.39, 0.29) is 10.9 Å². The number of hydrogen-bond donors (Lipinski definition) is 2. The minimum absolute atomic E-state index is 0.0791. The minimum Gasteiger partial charge on any atom is -0.392 e. The fourth-order valence-corrected chi connectivity index (χ4v) is 3.62. The van der Waals surface area contributed by atoms with Crippen molar-refractivity contribution in [2.24, 2.45) is 11.1 Å². The number of thiophene rings is 1. The van der Waals surface area contributed by atoms with Gasteiger partial charge in [-0.1, -0.05) is 26.1 Å². The van der Waals surface area contributed by atoms with Crippen LogP contribution in [0.25, 0.3) is 0 Å². The SMILES string of the molecule is CCC(CC)(C(=O)NCc1ccc(Br)s1)C(N)=S. The summed E-state index contributed by atoms with van der Waals surface area (Å²) in [6.07, 6.45) is 1.25. The Bertz CT molecular complexity index is 441. The van der Waals surface area contributed by atoms with Crippen molar-refractivity contribution in [3.63, 3.8) is 0 Å². The lowest BCUT2D eigenvalue weighted by Crippen LogP contribution is -2.48. The largest absolute Gasteiger partial charge is 0.392 e. The first-order chi connectivity index (χ1) is 8.46. The van der Waals surface area contributed by atoms with Crippen LogP contribution >= 0.6 is 39.5 Å². The quantitative estimate of drug-likeness (QED) is 0.776. The van der Waals surface area contributed by atoms with E-state index in [1.165, 1.54) is 0 Å². The van der Waals surface area contributed by atoms with Crippen molar-refractivity contribution in [1.29, 1.82) is 0 Å². The number of halogens is 1. The number of rotatable bonds is 6. The Hall–Kier alpha value is -0.460. The molecular weight excluding hydrogens is 332 g/mol. The molecule has 0 saturated carbocycles. The third-order valence-electron chi connectivity index (χ3n) is 3.17. The van der Waals surface area contributed by atoms with Gasteiger partial charge < -0.3 is 11.1 Å². The maximum Gasteiger partial charge on any atom is 0.233 e. The Morgan fingerprint density at radius 2 is 2.11 bits per heavy atom. The van der Waals surface area contributed by atoms with E-state index >= 15 is 0 Å². The molecule has 0 saturated heterocycles. The molecule has 0 spiro atoms. The van der Waals surface area contributed by atoms with Gasteiger partial charge in [0.2, 0.25) is 5.91 Å². The predicted molar refractivity (Wildman–Crippen MR) is 83.7 cm³/mol. The molecule has 100 valence electrons. The Balaban J connectivity index is 2.71. The van der Waals surface area contributed by atoms with Gasteiger partial charge in [0.05, 0.1) is 20.7 Å². The number of carbonyl (C=O) groups is 1. The summed E-state index contributed by atoms with van der Waals surface area (Å²) in [6, 6.07) is 3.95. The van der Waals surface area contributed by atoms with Gasteiger partial charge in [-0.3, -0.25) is 4.79 Å². The van der Waals surface area contributed by atoms with Crippen molar-refractivity contribution in [3.8, 4) is 0 Å². The van der Waals surface area contributed by atoms with Crippen LogP contribution in [-0.4, -0.2) is 10.9 Å². The summed E-state index contributed by atoms with van der Waals surface area (Å²) in [5.41, 5.74) is 5.01. The second-order valence-corrected chi connectivity index (χ2v) is 7.03. The molecule has 0 atom stereocenters. The molecule has 0 radical (unpaired) electrons. The van der Waals surface area contributed by atoms with E-state index in [1.54, 1.807) is 11.3 Å². The van der Waals surface area contributed by atoms with Crippen LogP contribution in [-0.2, 0) is 11.3 Å². The summed E-state index contributed by atoms with van der Waals surface area (Å²) in [5.74, 6) is -0.0791. The topological polar surface area (TPSA) is 55.1 Å². The predicted octanol–water partition coefficient (Wildman–Crippen LogP) is 3.22. The smallest absolute Gasteiger partial charge is 0.233 e. The van der Waals surface area contributed by atoms with Gasteiger partial charge in [0.1, 0.15) is 0 Å². The number of amides is 1. The second-order valence-electron chi connectivity index (χ2n) is 4.04. The van der Waals surface area contributed by atoms with Gasteiger partial charge >= 0.3 is 0 Å². The summed E-state index contributed by atoms with van der Waals surface area (Å²) in [6.45, 7) is 4.38. The zero-order valence-electron chi connectivity index (χ0n) is 10.5. The second kappa shape index (κ2) is 6.63. The molecule has 0 fully saturated rings. The van der Waals surface area contributed by atoms with E-state index in [0.717, 1.165) is 8.66 Å². The molecular formula is C12H17BrN2OS2. The third-order valence-corrected chi connectivity index (χ3v) is 5.18. The van der Waals surface area contributed by atoms with Crippen molar-refractivity contribution in [2.45, 2.75) is 33.2 Å². The molecule has 0 bridgehead atoms. The third kappa shape index (κ3) is 3.30. The van der Waals surface area contributed by atoms with Crippen molar-refractivity contribution in [2.75, 3.05) is 0 Å². The normalized spacial score (nSPS) is 11.3. The van der Waals surface area contributed by atoms with E-state index in [1.807, 2.05) is 26.0 Å². The molecule has 0 aliphatic rings. The lowest BCUT2D eigenvalue weighted by Gasteiger charge is -2.28. The van der Waals surface area contributed by atoms with Crippen molar-refractivity contribution in [3.05, 3.63) is 20.8 Å². The van der Waals surface area contributed by atoms with Gasteiger partial charge in [-0.05, 0) is 40.9 Å². The summed E-state index contributed by atoms with van der Waals surface area (Å²) in [7, 11) is 0. The Morgan fingerprint density at radius 3 is 2.50 bits per heavy atom. The fraction of sp³-hybridized carbons (Fsp3) is 0.500. The average molecular weight is 349 g/mol. The number of thiocarbonyl (C=S) groups is 1. The highest BCUT2D eigenvalue weighted by atomic mass is 79.9. The number of nitrogens with two attached hydrogens (primary N) is 1. The standard InChI is InChI=1S/C12H17BrN2OS2/c1-3-12(4-2,10(14)17)11(16)15-7-8-5-6-9(13)18-8/h5-6H,3-4,7H2,1-2H3,(H2,14,17)(H,15,16). The van der Waals surface area contributed by atoms with Crippen molar-refractivity contribution >= 4 is 50.4 Å². The lowest BCUT2D eigenvalue weighted by molar-refractivity contribution is -0.128. The van der Waals surface area contributed by atoms with Crippen LogP contribution in [0.3, 0.4) is 0 Å². The van der Waals surface area contributed by atoms with E-state index in [0.29, 0.717) is 19.4 Å². The molecule has 0 aliphatic heterocycles. The fourth-order valence-electron chi connectivity index (χ4n) is 1.81. The van der Waals surface area contributed by atoms with Crippen LogP contribution in [0.15, 0.2) is 15.9 Å². The molecule has 3 nitrogen and oxygen atoms in total. The lowest BCUT2D eigenvalue weighted by atomic mass is 9.81. The zero-order chi connectivity index (χ0) is 13.8. The van der Waals surface area contributed by atoms with Crippen molar-refractivity contribution in [1.82, 2.24) is 5.32 Å². The maximum atomic E-state index is 12.3. The minimum atomic E-state index is -0.718. The number of carbonyl (C=O) groups excluding carboxylic acids is 1. The highest BCUT2D eigenvalue weighted by molar-refractivity contribution is 9.11. The van der Waals surface area contributed by atoms with Crippen LogP contribution in [0, 0.1) is 5.41 Å². The summed E-state index contributed by atoms with van der Waals surface area (Å²) < 4.78 is 1.05. The maximum absolute atomic E-state index is 12.3. The first-order valence-electron chi connectivity index (χ1n) is 5.78. The van der Waals surface area contributed by atoms with Gasteiger partial charge in [-0.25, -0.2) is 0 Å². The molecule has 1 amide bonds. The molecule has 18 heavy (non-hydrogen) atoms. The number of nitrogens with one attached hydrogen (secondary N) is 1. The summed E-state index contributed by atoms with van der Waals surface area (Å²) >= 11 is 10.0. The molecule has 6 heteroatoms. The van der Waals surface area contributed by atoms with Gasteiger partial charge in [-0.2, -0.15) is 0 Å². The summed E-state index contributed by atoms with van der Waals surface area (Å²) in [4.78, 5) is 13.6. The van der Waals surface area contributed by atoms with Crippen molar-refractivity contribution < 1.29 is 4.79 Å². The van der Waals surface area contributed by atoms with Gasteiger partial charge in [0.15, 0.2) is 0 Å². The molecule has 1 heterocycles. The molecule has 1 aromatic heterocycles. The van der Waals surface area contributed by atoms with Crippen LogP contribution in [0.4, 0.5) is 0 Å². The highest BCUT2D eigenvalue weighted by Crippen LogP contribution is 2.28. The summed E-state index contributed by atoms with van der Waals surface area (Å²) in [5, 5.41) is 2.92. The van der Waals surface area contributed by atoms with Crippen LogP contribution in [0.5, 0.6) is 0 Å². The van der Waals surface area contributed by atoms with Crippen LogP contribution < -0.4 is 11.1 Å². The monoisotopic (exact) mass is 348 g/mol. The highest BCUT2D eigenvalue weighted by Gasteiger charge is 2.37. The zero-order valence-corrected chi connectivity index (χ0v) is 13.7. The molecule has 3 N–H and O–H groups in total. The molecule has 1 rings (SSSR count). The average Bonchev–Trinajstić information content (AvgIpc) is 2.74. The molecule has 0 unspecified atom stereocenters. The van der Waals surface area contributed by atoms with Crippen LogP contribution in [0.1, 0.15) is 31.6 Å². The molecule has 0 aliphatic carbocycles. The van der Waals surface area contributed by atoms with E-state index < -0.39 is 5.41 Å². The number of hydrogen-bond acceptors (Lipinski definition) is 3. The van der Waals surface area contributed by atoms with Crippen LogP contribution in [0.2, 0.25) is 0 Å². The Morgan fingerprint density at radius 1 is 1.50 bits per heavy atom. The van der Waals surface area contributed by atoms with E-state index in [2.05, 4.69) is 21.2 Å². The van der Waals surface area contributed by atoms with E-state index in [4.69, 9.17) is 18.0 Å². The van der Waals surface area contributed by atoms with E-state index in [9.17, 15) is 4.79 Å². The van der Waals surface area contributed by atoms with Gasteiger partial charge in [-0.15, -0.1) is 11.3 Å². The molecule has 0 aromatic carbocycles. The van der Waals surface area contributed by atoms with Gasteiger partial charge in [0.25, 0.3) is 0 Å². The van der Waals surface area contributed by atoms with Gasteiger partial charge in [0, 0.05) is 4.88 Å². The first kappa shape index (κ1) is 15.6.